The number of benzene rings is 1. The number of halogens is 3. The van der Waals surface area contributed by atoms with Crippen LogP contribution in [0.5, 0.6) is 5.75 Å². The van der Waals surface area contributed by atoms with Crippen LogP contribution in [-0.2, 0) is 5.33 Å². The van der Waals surface area contributed by atoms with E-state index in [9.17, 15) is 4.39 Å². The van der Waals surface area contributed by atoms with Gasteiger partial charge < -0.3 is 4.74 Å². The molecule has 1 aromatic carbocycles. The van der Waals surface area contributed by atoms with E-state index in [1.54, 1.807) is 0 Å². The van der Waals surface area contributed by atoms with E-state index in [1.165, 1.54) is 0 Å². The Morgan fingerprint density at radius 1 is 1.36 bits per heavy atom. The molecule has 0 atom stereocenters. The third-order valence-corrected chi connectivity index (χ3v) is 2.95. The highest BCUT2D eigenvalue weighted by molar-refractivity contribution is 9.10. The summed E-state index contributed by atoms with van der Waals surface area (Å²) in [7, 11) is 0. The van der Waals surface area contributed by atoms with Crippen LogP contribution in [0.25, 0.3) is 0 Å². The van der Waals surface area contributed by atoms with E-state index in [1.807, 2.05) is 18.2 Å². The van der Waals surface area contributed by atoms with E-state index < -0.39 is 0 Å². The molecule has 0 heterocycles. The predicted molar refractivity (Wildman–Crippen MR) is 62.9 cm³/mol. The van der Waals surface area contributed by atoms with Crippen molar-refractivity contribution in [1.29, 1.82) is 0 Å². The minimum atomic E-state index is -0.339. The molecule has 0 aliphatic rings. The van der Waals surface area contributed by atoms with Gasteiger partial charge in [0.15, 0.2) is 0 Å². The molecule has 0 saturated carbocycles. The van der Waals surface area contributed by atoms with Gasteiger partial charge in [-0.15, -0.1) is 0 Å². The second kappa shape index (κ2) is 6.40. The van der Waals surface area contributed by atoms with Gasteiger partial charge >= 0.3 is 0 Å². The van der Waals surface area contributed by atoms with E-state index in [2.05, 4.69) is 31.9 Å². The third-order valence-electron chi connectivity index (χ3n) is 1.72. The number of hydrogen-bond acceptors (Lipinski definition) is 1. The maximum absolute atomic E-state index is 11.9. The van der Waals surface area contributed by atoms with E-state index in [0.717, 1.165) is 21.1 Å². The Balaban J connectivity index is 2.72. The van der Waals surface area contributed by atoms with Crippen LogP contribution in [0.3, 0.4) is 0 Å². The molecule has 0 saturated heterocycles. The first-order valence-electron chi connectivity index (χ1n) is 4.31. The topological polar surface area (TPSA) is 9.23 Å². The van der Waals surface area contributed by atoms with Gasteiger partial charge in [0.1, 0.15) is 5.75 Å². The summed E-state index contributed by atoms with van der Waals surface area (Å²) in [4.78, 5) is 0. The van der Waals surface area contributed by atoms with Crippen LogP contribution in [0.15, 0.2) is 22.7 Å². The summed E-state index contributed by atoms with van der Waals surface area (Å²) < 4.78 is 18.3. The Labute approximate surface area is 99.9 Å². The van der Waals surface area contributed by atoms with Gasteiger partial charge in [0, 0.05) is 17.3 Å². The van der Waals surface area contributed by atoms with Gasteiger partial charge in [-0.3, -0.25) is 4.39 Å². The normalized spacial score (nSPS) is 10.2. The summed E-state index contributed by atoms with van der Waals surface area (Å²) in [5, 5.41) is 0.734. The maximum Gasteiger partial charge on any atom is 0.137 e. The van der Waals surface area contributed by atoms with Crippen molar-refractivity contribution in [2.75, 3.05) is 13.3 Å². The van der Waals surface area contributed by atoms with Crippen molar-refractivity contribution in [1.82, 2.24) is 0 Å². The predicted octanol–water partition coefficient (Wildman–Crippen LogP) is 4.08. The lowest BCUT2D eigenvalue weighted by atomic mass is 10.2. The quantitative estimate of drug-likeness (QED) is 0.585. The first-order valence-corrected chi connectivity index (χ1v) is 6.23. The SMILES string of the molecule is FCCCOc1c(Br)cccc1CBr. The molecule has 1 rings (SSSR count). The van der Waals surface area contributed by atoms with Crippen molar-refractivity contribution in [3.8, 4) is 5.75 Å². The maximum atomic E-state index is 11.9. The molecular formula is C10H11Br2FO. The highest BCUT2D eigenvalue weighted by Gasteiger charge is 2.06. The van der Waals surface area contributed by atoms with Gasteiger partial charge in [-0.05, 0) is 22.0 Å². The first kappa shape index (κ1) is 12.0. The lowest BCUT2D eigenvalue weighted by molar-refractivity contribution is 0.286. The second-order valence-corrected chi connectivity index (χ2v) is 4.17. The fourth-order valence-electron chi connectivity index (χ4n) is 1.05. The summed E-state index contributed by atoms with van der Waals surface area (Å²) in [5.74, 6) is 0.804. The van der Waals surface area contributed by atoms with Crippen molar-refractivity contribution in [2.24, 2.45) is 0 Å². The summed E-state index contributed by atoms with van der Waals surface area (Å²) in [6, 6.07) is 5.84. The first-order chi connectivity index (χ1) is 6.79. The highest BCUT2D eigenvalue weighted by Crippen LogP contribution is 2.30. The smallest absolute Gasteiger partial charge is 0.137 e. The van der Waals surface area contributed by atoms with Crippen molar-refractivity contribution in [3.05, 3.63) is 28.2 Å². The average Bonchev–Trinajstić information content (AvgIpc) is 2.20. The molecule has 0 N–H and O–H groups in total. The zero-order valence-electron chi connectivity index (χ0n) is 7.60. The third kappa shape index (κ3) is 3.24. The Morgan fingerprint density at radius 2 is 2.14 bits per heavy atom. The van der Waals surface area contributed by atoms with E-state index in [-0.39, 0.29) is 6.67 Å². The molecule has 0 bridgehead atoms. The van der Waals surface area contributed by atoms with Crippen molar-refractivity contribution in [2.45, 2.75) is 11.8 Å². The van der Waals surface area contributed by atoms with Gasteiger partial charge in [0.05, 0.1) is 17.8 Å². The standard InChI is InChI=1S/C10H11Br2FO/c11-7-8-3-1-4-9(12)10(8)14-6-2-5-13/h1,3-4H,2,5-7H2. The summed E-state index contributed by atoms with van der Waals surface area (Å²) in [6.07, 6.45) is 0.434. The Morgan fingerprint density at radius 3 is 2.79 bits per heavy atom. The molecule has 1 aromatic rings. The zero-order valence-corrected chi connectivity index (χ0v) is 10.8. The molecule has 78 valence electrons. The van der Waals surface area contributed by atoms with Crippen LogP contribution >= 0.6 is 31.9 Å². The highest BCUT2D eigenvalue weighted by atomic mass is 79.9. The molecule has 0 aliphatic carbocycles. The van der Waals surface area contributed by atoms with Crippen LogP contribution in [0, 0.1) is 0 Å². The van der Waals surface area contributed by atoms with Crippen molar-refractivity contribution < 1.29 is 9.13 Å². The van der Waals surface area contributed by atoms with Gasteiger partial charge in [-0.2, -0.15) is 0 Å². The molecule has 0 unspecified atom stereocenters. The molecule has 0 amide bonds. The minimum Gasteiger partial charge on any atom is -0.492 e. The zero-order chi connectivity index (χ0) is 10.4. The van der Waals surface area contributed by atoms with Crippen molar-refractivity contribution in [3.63, 3.8) is 0 Å². The molecule has 4 heteroatoms. The largest absolute Gasteiger partial charge is 0.492 e. The molecule has 1 nitrogen and oxygen atoms in total. The van der Waals surface area contributed by atoms with Gasteiger partial charge in [-0.1, -0.05) is 28.1 Å². The molecule has 0 radical (unpaired) electrons. The van der Waals surface area contributed by atoms with E-state index >= 15 is 0 Å². The lowest BCUT2D eigenvalue weighted by Gasteiger charge is -2.10. The Kier molecular flexibility index (Phi) is 5.48. The van der Waals surface area contributed by atoms with Crippen LogP contribution < -0.4 is 4.74 Å². The van der Waals surface area contributed by atoms with Gasteiger partial charge in [-0.25, -0.2) is 0 Å². The van der Waals surface area contributed by atoms with Gasteiger partial charge in [0.2, 0.25) is 0 Å². The van der Waals surface area contributed by atoms with Crippen LogP contribution in [0.1, 0.15) is 12.0 Å². The minimum absolute atomic E-state index is 0.339. The number of rotatable bonds is 5. The number of ether oxygens (including phenoxy) is 1. The van der Waals surface area contributed by atoms with E-state index in [0.29, 0.717) is 13.0 Å². The van der Waals surface area contributed by atoms with Crippen molar-refractivity contribution >= 4 is 31.9 Å². The summed E-state index contributed by atoms with van der Waals surface area (Å²) in [5.41, 5.74) is 1.07. The Hall–Kier alpha value is -0.0900. The number of alkyl halides is 2. The molecule has 0 aliphatic heterocycles. The molecule has 14 heavy (non-hydrogen) atoms. The van der Waals surface area contributed by atoms with Crippen LogP contribution in [0.4, 0.5) is 4.39 Å². The fourth-order valence-corrected chi connectivity index (χ4v) is 2.01. The van der Waals surface area contributed by atoms with Crippen LogP contribution in [0.2, 0.25) is 0 Å². The molecule has 0 aromatic heterocycles. The molecule has 0 spiro atoms. The molecule has 0 fully saturated rings. The lowest BCUT2D eigenvalue weighted by Crippen LogP contribution is -2.00. The number of hydrogen-bond donors (Lipinski definition) is 0. The summed E-state index contributed by atoms with van der Waals surface area (Å²) in [6.45, 7) is 0.0766. The summed E-state index contributed by atoms with van der Waals surface area (Å²) >= 11 is 6.78. The molecular weight excluding hydrogens is 315 g/mol. The monoisotopic (exact) mass is 324 g/mol. The second-order valence-electron chi connectivity index (χ2n) is 2.75. The van der Waals surface area contributed by atoms with Gasteiger partial charge in [0.25, 0.3) is 0 Å². The number of para-hydroxylation sites is 1. The van der Waals surface area contributed by atoms with E-state index in [4.69, 9.17) is 4.74 Å². The van der Waals surface area contributed by atoms with Crippen LogP contribution in [-0.4, -0.2) is 13.3 Å². The fraction of sp³-hybridized carbons (Fsp3) is 0.400. The average molecular weight is 326 g/mol. The Bertz CT molecular complexity index is 291.